The van der Waals surface area contributed by atoms with Crippen LogP contribution in [-0.4, -0.2) is 87.3 Å². The second-order valence-electron chi connectivity index (χ2n) is 10.6. The Kier molecular flexibility index (Phi) is 32.5. The molecular formula is C32H56O14Zr. The van der Waals surface area contributed by atoms with Gasteiger partial charge in [-0.05, 0) is 38.5 Å². The molecule has 0 N–H and O–H groups in total. The van der Waals surface area contributed by atoms with Crippen LogP contribution in [0.1, 0.15) is 119 Å². The molecule has 0 aliphatic rings. The van der Waals surface area contributed by atoms with Crippen molar-refractivity contribution in [3.8, 4) is 0 Å². The van der Waals surface area contributed by atoms with Crippen molar-refractivity contribution in [1.29, 1.82) is 0 Å². The van der Waals surface area contributed by atoms with E-state index in [1.807, 2.05) is 41.5 Å². The van der Waals surface area contributed by atoms with E-state index in [2.05, 4.69) is 0 Å². The van der Waals surface area contributed by atoms with Gasteiger partial charge in [-0.15, -0.1) is 0 Å². The van der Waals surface area contributed by atoms with Gasteiger partial charge in [0, 0.05) is 13.2 Å². The molecule has 0 aromatic heterocycles. The van der Waals surface area contributed by atoms with Crippen molar-refractivity contribution in [3.63, 3.8) is 0 Å². The van der Waals surface area contributed by atoms with Gasteiger partial charge in [0.15, 0.2) is 12.2 Å². The largest absolute Gasteiger partial charge is 4.00 e. The van der Waals surface area contributed by atoms with Gasteiger partial charge in [-0.1, -0.05) is 80.1 Å². The maximum atomic E-state index is 11.7. The van der Waals surface area contributed by atoms with E-state index in [1.165, 1.54) is 0 Å². The number of rotatable bonds is 30. The molecule has 0 saturated heterocycles. The van der Waals surface area contributed by atoms with Gasteiger partial charge in [0.05, 0.1) is 38.4 Å². The van der Waals surface area contributed by atoms with Crippen LogP contribution in [0.15, 0.2) is 0 Å². The van der Waals surface area contributed by atoms with Crippen LogP contribution in [-0.2, 0) is 73.8 Å². The second-order valence-corrected chi connectivity index (χ2v) is 10.6. The number of hydrogen-bond acceptors (Lipinski definition) is 14. The maximum Gasteiger partial charge on any atom is 4.00 e. The molecule has 0 aliphatic heterocycles. The normalized spacial score (nSPS) is 12.7. The first-order chi connectivity index (χ1) is 21.9. The van der Waals surface area contributed by atoms with E-state index in [-0.39, 0.29) is 65.8 Å². The minimum absolute atomic E-state index is 0. The van der Waals surface area contributed by atoms with E-state index in [4.69, 9.17) is 28.4 Å². The predicted octanol–water partition coefficient (Wildman–Crippen LogP) is -0.0001000. The van der Waals surface area contributed by atoms with Gasteiger partial charge in [0.25, 0.3) is 0 Å². The number of aliphatic carboxylic acids is 4. The molecule has 272 valence electrons. The number of unbranched alkanes of at least 4 members (excludes halogenated alkanes) is 6. The van der Waals surface area contributed by atoms with Gasteiger partial charge in [-0.25, -0.2) is 0 Å². The van der Waals surface area contributed by atoms with E-state index in [0.29, 0.717) is 38.5 Å². The summed E-state index contributed by atoms with van der Waals surface area (Å²) in [5.74, 6) is -11.9. The molecule has 0 rings (SSSR count). The minimum Gasteiger partial charge on any atom is -0.547 e. The SMILES string of the molecule is CCCCOC(C(=O)[O-])C(OCCCC)(OCCCC)C(=O)[O-].CCCCOC(C(=O)[O-])C(OCCCC)(OCCCC)C(=O)[O-].[Zr+4]. The average Bonchev–Trinajstić information content (AvgIpc) is 3.00. The molecule has 0 aromatic rings. The molecule has 0 heterocycles. The summed E-state index contributed by atoms with van der Waals surface area (Å²) in [6.45, 7) is 11.6. The first-order valence-electron chi connectivity index (χ1n) is 16.6. The molecule has 2 unspecified atom stereocenters. The van der Waals surface area contributed by atoms with Gasteiger partial charge in [0.2, 0.25) is 11.6 Å². The zero-order valence-electron chi connectivity index (χ0n) is 29.1. The number of carboxylic acids is 4. The fourth-order valence-electron chi connectivity index (χ4n) is 3.67. The monoisotopic (exact) mass is 754 g/mol. The quantitative estimate of drug-likeness (QED) is 0.0697. The van der Waals surface area contributed by atoms with Gasteiger partial charge in [-0.2, -0.15) is 0 Å². The Balaban J connectivity index is -0.000000807. The molecule has 0 fully saturated rings. The molecular weight excluding hydrogens is 700 g/mol. The molecule has 0 aliphatic carbocycles. The molecule has 15 heteroatoms. The first kappa shape index (κ1) is 49.9. The summed E-state index contributed by atoms with van der Waals surface area (Å²) in [5.41, 5.74) is 0. The molecule has 0 bridgehead atoms. The number of hydrogen-bond donors (Lipinski definition) is 0. The third-order valence-corrected chi connectivity index (χ3v) is 6.51. The second kappa shape index (κ2) is 30.6. The topological polar surface area (TPSA) is 216 Å². The van der Waals surface area contributed by atoms with Crippen molar-refractivity contribution in [2.75, 3.05) is 39.6 Å². The fourth-order valence-corrected chi connectivity index (χ4v) is 3.67. The van der Waals surface area contributed by atoms with Gasteiger partial charge in [-0.3, -0.25) is 0 Å². The zero-order valence-corrected chi connectivity index (χ0v) is 31.6. The molecule has 14 nitrogen and oxygen atoms in total. The Morgan fingerprint density at radius 1 is 0.447 bits per heavy atom. The maximum absolute atomic E-state index is 11.7. The van der Waals surface area contributed by atoms with Crippen LogP contribution in [0.2, 0.25) is 0 Å². The summed E-state index contributed by atoms with van der Waals surface area (Å²) in [5, 5.41) is 46.2. The Hall–Kier alpha value is -1.48. The number of ether oxygens (including phenoxy) is 6. The summed E-state index contributed by atoms with van der Waals surface area (Å²) in [6, 6.07) is 0. The van der Waals surface area contributed by atoms with Gasteiger partial charge < -0.3 is 68.0 Å². The van der Waals surface area contributed by atoms with Crippen molar-refractivity contribution in [3.05, 3.63) is 0 Å². The summed E-state index contributed by atoms with van der Waals surface area (Å²) in [7, 11) is 0. The first-order valence-corrected chi connectivity index (χ1v) is 16.6. The molecule has 0 spiro atoms. The zero-order chi connectivity index (χ0) is 35.4. The third-order valence-electron chi connectivity index (χ3n) is 6.51. The van der Waals surface area contributed by atoms with Crippen LogP contribution >= 0.6 is 0 Å². The third kappa shape index (κ3) is 19.3. The number of carbonyl (C=O) groups is 4. The van der Waals surface area contributed by atoms with E-state index in [1.54, 1.807) is 0 Å². The van der Waals surface area contributed by atoms with Crippen LogP contribution in [0.25, 0.3) is 0 Å². The number of carboxylic acid groups (broad SMARTS) is 4. The molecule has 2 atom stereocenters. The summed E-state index contributed by atoms with van der Waals surface area (Å²) in [4.78, 5) is 46.2. The van der Waals surface area contributed by atoms with E-state index >= 15 is 0 Å². The van der Waals surface area contributed by atoms with Crippen LogP contribution in [0.5, 0.6) is 0 Å². The summed E-state index contributed by atoms with van der Waals surface area (Å²) >= 11 is 0. The van der Waals surface area contributed by atoms with Crippen molar-refractivity contribution >= 4 is 23.9 Å². The average molecular weight is 756 g/mol. The molecule has 0 aromatic carbocycles. The van der Waals surface area contributed by atoms with Crippen molar-refractivity contribution in [2.45, 2.75) is 142 Å². The predicted molar refractivity (Wildman–Crippen MR) is 158 cm³/mol. The van der Waals surface area contributed by atoms with Crippen LogP contribution in [0, 0.1) is 0 Å². The Labute approximate surface area is 299 Å². The summed E-state index contributed by atoms with van der Waals surface area (Å²) < 4.78 is 31.6. The standard InChI is InChI=1S/2C16H30O7.Zr/c2*1-4-7-10-21-13(14(17)18)16(15(19)20,22-11-8-5-2)23-12-9-6-3;/h2*13H,4-12H2,1-3H3,(H,17,18)(H,19,20);/q;;+4/p-4. The Morgan fingerprint density at radius 3 is 0.830 bits per heavy atom. The smallest absolute Gasteiger partial charge is 0.547 e. The van der Waals surface area contributed by atoms with Gasteiger partial charge in [0.1, 0.15) is 11.9 Å². The summed E-state index contributed by atoms with van der Waals surface area (Å²) in [6.07, 6.45) is 4.18. The molecule has 0 radical (unpaired) electrons. The number of carbonyl (C=O) groups excluding carboxylic acids is 4. The Morgan fingerprint density at radius 2 is 0.660 bits per heavy atom. The fraction of sp³-hybridized carbons (Fsp3) is 0.875. The van der Waals surface area contributed by atoms with Crippen LogP contribution in [0.4, 0.5) is 0 Å². The van der Waals surface area contributed by atoms with Crippen LogP contribution in [0.3, 0.4) is 0 Å². The van der Waals surface area contributed by atoms with E-state index < -0.39 is 47.7 Å². The molecule has 0 saturated carbocycles. The van der Waals surface area contributed by atoms with E-state index in [9.17, 15) is 39.6 Å². The van der Waals surface area contributed by atoms with Crippen molar-refractivity contribution in [2.24, 2.45) is 0 Å². The molecule has 47 heavy (non-hydrogen) atoms. The molecule has 0 amide bonds. The van der Waals surface area contributed by atoms with Gasteiger partial charge >= 0.3 is 26.2 Å². The van der Waals surface area contributed by atoms with Crippen molar-refractivity contribution in [1.82, 2.24) is 0 Å². The van der Waals surface area contributed by atoms with Crippen molar-refractivity contribution < 1.29 is 94.2 Å². The Bertz CT molecular complexity index is 740. The van der Waals surface area contributed by atoms with E-state index in [0.717, 1.165) is 38.5 Å². The minimum atomic E-state index is -2.49. The van der Waals surface area contributed by atoms with Crippen LogP contribution < -0.4 is 20.4 Å².